The largest absolute Gasteiger partial charge is 0.493 e. The Morgan fingerprint density at radius 2 is 1.97 bits per heavy atom. The van der Waals surface area contributed by atoms with E-state index in [1.807, 2.05) is 27.1 Å². The number of hydrogen-bond donors (Lipinski definition) is 1. The number of rotatable bonds is 10. The second-order valence-corrected chi connectivity index (χ2v) is 9.43. The lowest BCUT2D eigenvalue weighted by Gasteiger charge is -2.27. The van der Waals surface area contributed by atoms with Crippen LogP contribution in [0.25, 0.3) is 0 Å². The number of Topliss-reactive ketones (excluding diaryl/α,β-unsaturated/α-hetero) is 2. The third kappa shape index (κ3) is 5.66. The molecule has 0 aliphatic carbocycles. The van der Waals surface area contributed by atoms with Gasteiger partial charge >= 0.3 is 0 Å². The number of quaternary nitrogens is 1. The van der Waals surface area contributed by atoms with Crippen LogP contribution in [0.3, 0.4) is 0 Å². The molecule has 0 radical (unpaired) electrons. The van der Waals surface area contributed by atoms with Gasteiger partial charge in [0.15, 0.2) is 5.78 Å². The zero-order valence-electron chi connectivity index (χ0n) is 20.1. The highest BCUT2D eigenvalue weighted by Crippen LogP contribution is 2.38. The fraction of sp³-hybridized carbons (Fsp3) is 0.462. The minimum atomic E-state index is -1.09. The number of nitrogens with zero attached hydrogens (tertiary/aromatic N) is 2. The molecule has 2 aromatic rings. The van der Waals surface area contributed by atoms with Gasteiger partial charge in [0.05, 0.1) is 33.3 Å². The Kier molecular flexibility index (Phi) is 7.97. The predicted octanol–water partition coefficient (Wildman–Crippen LogP) is 1.91. The van der Waals surface area contributed by atoms with Gasteiger partial charge in [-0.3, -0.25) is 19.4 Å². The highest BCUT2D eigenvalue weighted by Gasteiger charge is 2.51. The fourth-order valence-electron chi connectivity index (χ4n) is 4.15. The quantitative estimate of drug-likeness (QED) is 0.338. The Balaban J connectivity index is 1.92. The van der Waals surface area contributed by atoms with E-state index in [2.05, 4.69) is 18.8 Å². The van der Waals surface area contributed by atoms with E-state index in [0.29, 0.717) is 35.9 Å². The second kappa shape index (κ2) is 10.7. The number of aryl methyl sites for hydroxylation is 1. The maximum absolute atomic E-state index is 13.6. The van der Waals surface area contributed by atoms with E-state index in [1.54, 1.807) is 41.6 Å². The number of likely N-dealkylation sites (tertiary alicyclic amines) is 1. The average Bonchev–Trinajstić information content (AvgIpc) is 3.03. The second-order valence-electron chi connectivity index (χ2n) is 9.43. The van der Waals surface area contributed by atoms with Gasteiger partial charge in [-0.2, -0.15) is 0 Å². The van der Waals surface area contributed by atoms with Crippen LogP contribution in [0.2, 0.25) is 0 Å². The summed E-state index contributed by atoms with van der Waals surface area (Å²) >= 11 is 0. The Morgan fingerprint density at radius 3 is 2.58 bits per heavy atom. The number of ketones is 2. The van der Waals surface area contributed by atoms with Crippen molar-refractivity contribution in [3.05, 3.63) is 59.4 Å². The normalized spacial score (nSPS) is 18.5. The van der Waals surface area contributed by atoms with E-state index in [9.17, 15) is 14.4 Å². The van der Waals surface area contributed by atoms with E-state index in [1.165, 1.54) is 4.90 Å². The number of nitrogens with one attached hydrogen (secondary N) is 1. The number of carbonyl (C=O) groups is 3. The number of amides is 1. The maximum atomic E-state index is 13.6. The van der Waals surface area contributed by atoms with Gasteiger partial charge in [0.25, 0.3) is 5.91 Å². The number of ether oxygens (including phenoxy) is 1. The summed E-state index contributed by atoms with van der Waals surface area (Å²) in [5.74, 6) is -1.58. The third-order valence-electron chi connectivity index (χ3n) is 5.82. The molecular formula is C26H34N3O4+. The van der Waals surface area contributed by atoms with E-state index in [4.69, 9.17) is 4.74 Å². The van der Waals surface area contributed by atoms with Crippen molar-refractivity contribution >= 4 is 17.5 Å². The van der Waals surface area contributed by atoms with Crippen LogP contribution in [0.15, 0.2) is 42.7 Å². The summed E-state index contributed by atoms with van der Waals surface area (Å²) in [6.07, 6.45) is 4.01. The van der Waals surface area contributed by atoms with Crippen LogP contribution < -0.4 is 9.64 Å². The molecule has 0 saturated carbocycles. The lowest BCUT2D eigenvalue weighted by molar-refractivity contribution is -0.858. The summed E-state index contributed by atoms with van der Waals surface area (Å²) in [5.41, 5.74) is 1.92. The molecule has 1 aliphatic rings. The van der Waals surface area contributed by atoms with Gasteiger partial charge in [0.1, 0.15) is 11.7 Å². The van der Waals surface area contributed by atoms with Gasteiger partial charge in [-0.25, -0.2) is 0 Å². The molecule has 176 valence electrons. The molecule has 1 aromatic carbocycles. The molecule has 2 heterocycles. The highest BCUT2D eigenvalue weighted by molar-refractivity contribution is 6.44. The van der Waals surface area contributed by atoms with Crippen molar-refractivity contribution in [2.45, 2.75) is 33.2 Å². The first-order valence-electron chi connectivity index (χ1n) is 11.5. The molecule has 0 spiro atoms. The van der Waals surface area contributed by atoms with E-state index in [0.717, 1.165) is 18.5 Å². The predicted molar refractivity (Wildman–Crippen MR) is 125 cm³/mol. The van der Waals surface area contributed by atoms with Crippen LogP contribution in [-0.2, 0) is 9.59 Å². The van der Waals surface area contributed by atoms with E-state index in [-0.39, 0.29) is 5.78 Å². The van der Waals surface area contributed by atoms with Crippen molar-refractivity contribution in [3.63, 3.8) is 0 Å². The molecular weight excluding hydrogens is 418 g/mol. The van der Waals surface area contributed by atoms with Gasteiger partial charge in [-0.05, 0) is 48.2 Å². The van der Waals surface area contributed by atoms with Crippen molar-refractivity contribution < 1.29 is 24.0 Å². The lowest BCUT2D eigenvalue weighted by Crippen LogP contribution is -3.05. The van der Waals surface area contributed by atoms with Crippen molar-refractivity contribution in [1.82, 2.24) is 9.88 Å². The molecule has 1 aliphatic heterocycles. The van der Waals surface area contributed by atoms with Crippen molar-refractivity contribution in [2.75, 3.05) is 33.8 Å². The molecule has 0 bridgehead atoms. The highest BCUT2D eigenvalue weighted by atomic mass is 16.5. The minimum absolute atomic E-state index is 0.346. The summed E-state index contributed by atoms with van der Waals surface area (Å²) in [5, 5.41) is 0. The molecule has 7 nitrogen and oxygen atoms in total. The number of hydrogen-bond acceptors (Lipinski definition) is 5. The summed E-state index contributed by atoms with van der Waals surface area (Å²) in [6, 6.07) is 8.12. The maximum Gasteiger partial charge on any atom is 0.291 e. The monoisotopic (exact) mass is 452 g/mol. The first-order valence-corrected chi connectivity index (χ1v) is 11.5. The summed E-state index contributed by atoms with van der Waals surface area (Å²) in [7, 11) is 4.08. The molecule has 1 aromatic heterocycles. The van der Waals surface area contributed by atoms with Crippen molar-refractivity contribution in [3.8, 4) is 5.75 Å². The molecule has 1 saturated heterocycles. The number of pyridine rings is 1. The van der Waals surface area contributed by atoms with Gasteiger partial charge in [-0.15, -0.1) is 0 Å². The zero-order valence-corrected chi connectivity index (χ0v) is 20.1. The third-order valence-corrected chi connectivity index (χ3v) is 5.82. The topological polar surface area (TPSA) is 81.0 Å². The Labute approximate surface area is 195 Å². The lowest BCUT2D eigenvalue weighted by atomic mass is 9.86. The Bertz CT molecular complexity index is 1000. The van der Waals surface area contributed by atoms with E-state index >= 15 is 0 Å². The number of benzene rings is 1. The van der Waals surface area contributed by atoms with Gasteiger partial charge in [-0.1, -0.05) is 19.9 Å². The van der Waals surface area contributed by atoms with Gasteiger partial charge < -0.3 is 14.5 Å². The zero-order chi connectivity index (χ0) is 24.1. The van der Waals surface area contributed by atoms with Crippen molar-refractivity contribution in [2.24, 2.45) is 11.8 Å². The summed E-state index contributed by atoms with van der Waals surface area (Å²) < 4.78 is 5.82. The standard InChI is InChI=1S/C26H33N3O4/c1-17(2)16-33-21-10-9-19(14-18(21)3)24(30)22-23(20-8-6-11-27-15-20)29(26(32)25(22)31)13-7-12-28(4)5/h6,8-11,14-15,17,22-23H,7,12-13,16H2,1-5H3/p+1. The SMILES string of the molecule is Cc1cc(C(=O)C2C(=O)C(=O)N(CCC[NH+](C)C)C2c2cccnc2)ccc1OCC(C)C. The number of carbonyl (C=O) groups excluding carboxylic acids is 3. The molecule has 1 fully saturated rings. The van der Waals surface area contributed by atoms with Crippen LogP contribution in [0.5, 0.6) is 5.75 Å². The van der Waals surface area contributed by atoms with Gasteiger partial charge in [0.2, 0.25) is 5.78 Å². The molecule has 7 heteroatoms. The number of aromatic nitrogens is 1. The molecule has 3 rings (SSSR count). The van der Waals surface area contributed by atoms with E-state index < -0.39 is 23.7 Å². The first kappa shape index (κ1) is 24.6. The fourth-order valence-corrected chi connectivity index (χ4v) is 4.15. The molecule has 1 amide bonds. The Hall–Kier alpha value is -3.06. The van der Waals surface area contributed by atoms with Crippen molar-refractivity contribution in [1.29, 1.82) is 0 Å². The van der Waals surface area contributed by atoms with Crippen LogP contribution in [-0.4, -0.2) is 61.1 Å². The van der Waals surface area contributed by atoms with Crippen LogP contribution in [0.1, 0.15) is 47.8 Å². The Morgan fingerprint density at radius 1 is 1.21 bits per heavy atom. The van der Waals surface area contributed by atoms with Crippen LogP contribution >= 0.6 is 0 Å². The summed E-state index contributed by atoms with van der Waals surface area (Å²) in [6.45, 7) is 7.87. The smallest absolute Gasteiger partial charge is 0.291 e. The first-order chi connectivity index (χ1) is 15.7. The molecule has 2 atom stereocenters. The van der Waals surface area contributed by atoms with Gasteiger partial charge in [0, 0.05) is 30.9 Å². The summed E-state index contributed by atoms with van der Waals surface area (Å²) in [4.78, 5) is 46.6. The van der Waals surface area contributed by atoms with Crippen LogP contribution in [0, 0.1) is 18.8 Å². The average molecular weight is 453 g/mol. The van der Waals surface area contributed by atoms with Crippen LogP contribution in [0.4, 0.5) is 0 Å². The molecule has 2 unspecified atom stereocenters. The minimum Gasteiger partial charge on any atom is -0.493 e. The molecule has 1 N–H and O–H groups in total. The molecule has 33 heavy (non-hydrogen) atoms.